The molecule has 0 saturated carbocycles. The van der Waals surface area contributed by atoms with Crippen LogP contribution in [0.15, 0.2) is 54.6 Å². The second-order valence-electron chi connectivity index (χ2n) is 12.4. The third kappa shape index (κ3) is 6.90. The van der Waals surface area contributed by atoms with Gasteiger partial charge in [-0.15, -0.1) is 0 Å². The normalized spacial score (nSPS) is 23.7. The number of likely N-dealkylation sites (tertiary alicyclic amines) is 3. The van der Waals surface area contributed by atoms with Crippen LogP contribution < -0.4 is 5.32 Å². The average molecular weight is 575 g/mol. The van der Waals surface area contributed by atoms with E-state index in [2.05, 4.69) is 27.1 Å². The molecule has 4 heterocycles. The van der Waals surface area contributed by atoms with Crippen molar-refractivity contribution in [1.29, 1.82) is 0 Å². The first-order chi connectivity index (χ1) is 20.5. The van der Waals surface area contributed by atoms with Crippen molar-refractivity contribution in [2.75, 3.05) is 77.8 Å². The highest BCUT2D eigenvalue weighted by Gasteiger charge is 2.41. The van der Waals surface area contributed by atoms with Crippen LogP contribution >= 0.6 is 0 Å². The number of nitrogens with zero attached hydrogens (tertiary/aromatic N) is 5. The Morgan fingerprint density at radius 2 is 1.52 bits per heavy atom. The molecule has 0 aromatic heterocycles. The van der Waals surface area contributed by atoms with Crippen molar-refractivity contribution in [1.82, 2.24) is 24.5 Å². The quantitative estimate of drug-likeness (QED) is 0.432. The maximum absolute atomic E-state index is 12.9. The van der Waals surface area contributed by atoms with E-state index < -0.39 is 6.09 Å². The molecule has 9 nitrogen and oxygen atoms in total. The van der Waals surface area contributed by atoms with Crippen LogP contribution in [0.4, 0.5) is 15.3 Å². The summed E-state index contributed by atoms with van der Waals surface area (Å²) in [5, 5.41) is 2.96. The van der Waals surface area contributed by atoms with Crippen LogP contribution in [0.2, 0.25) is 0 Å². The first-order valence-corrected chi connectivity index (χ1v) is 15.9. The van der Waals surface area contributed by atoms with Crippen molar-refractivity contribution in [2.24, 2.45) is 0 Å². The number of benzene rings is 2. The van der Waals surface area contributed by atoms with E-state index >= 15 is 0 Å². The lowest BCUT2D eigenvalue weighted by Gasteiger charge is -2.32. The molecule has 0 spiro atoms. The van der Waals surface area contributed by atoms with Gasteiger partial charge >= 0.3 is 12.1 Å². The summed E-state index contributed by atoms with van der Waals surface area (Å²) in [6.45, 7) is 9.69. The molecular weight excluding hydrogens is 528 g/mol. The van der Waals surface area contributed by atoms with E-state index in [1.54, 1.807) is 0 Å². The Labute approximate surface area is 250 Å². The zero-order chi connectivity index (χ0) is 28.9. The Morgan fingerprint density at radius 3 is 2.21 bits per heavy atom. The molecule has 2 bridgehead atoms. The summed E-state index contributed by atoms with van der Waals surface area (Å²) in [5.74, 6) is 0. The number of urea groups is 1. The van der Waals surface area contributed by atoms with Crippen LogP contribution in [0, 0.1) is 0 Å². The molecule has 4 fully saturated rings. The van der Waals surface area contributed by atoms with E-state index in [9.17, 15) is 9.59 Å². The average Bonchev–Trinajstić information content (AvgIpc) is 3.69. The van der Waals surface area contributed by atoms with Crippen molar-refractivity contribution >= 4 is 17.8 Å². The van der Waals surface area contributed by atoms with Gasteiger partial charge in [0.15, 0.2) is 0 Å². The van der Waals surface area contributed by atoms with Crippen molar-refractivity contribution in [3.8, 4) is 11.1 Å². The number of rotatable bonds is 11. The summed E-state index contributed by atoms with van der Waals surface area (Å²) in [6.07, 6.45) is 4.56. The van der Waals surface area contributed by atoms with Gasteiger partial charge in [-0.1, -0.05) is 48.5 Å². The van der Waals surface area contributed by atoms with Gasteiger partial charge < -0.3 is 24.3 Å². The zero-order valence-electron chi connectivity index (χ0n) is 25.0. The first kappa shape index (κ1) is 29.0. The second kappa shape index (κ2) is 13.4. The summed E-state index contributed by atoms with van der Waals surface area (Å²) in [6, 6.07) is 19.5. The Hall–Kier alpha value is -3.14. The summed E-state index contributed by atoms with van der Waals surface area (Å²) < 4.78 is 5.79. The second-order valence-corrected chi connectivity index (χ2v) is 12.4. The molecular formula is C33H46N6O3. The fourth-order valence-electron chi connectivity index (χ4n) is 7.22. The van der Waals surface area contributed by atoms with E-state index in [1.165, 1.54) is 19.5 Å². The molecule has 42 heavy (non-hydrogen) atoms. The molecule has 4 aliphatic heterocycles. The van der Waals surface area contributed by atoms with Gasteiger partial charge in [-0.25, -0.2) is 9.59 Å². The van der Waals surface area contributed by atoms with Gasteiger partial charge in [0, 0.05) is 76.5 Å². The number of carbonyl (C=O) groups excluding carboxylic acids is 2. The van der Waals surface area contributed by atoms with Crippen LogP contribution in [0.3, 0.4) is 0 Å². The van der Waals surface area contributed by atoms with E-state index in [0.29, 0.717) is 0 Å². The molecule has 6 rings (SSSR count). The zero-order valence-corrected chi connectivity index (χ0v) is 25.0. The molecule has 1 N–H and O–H groups in total. The van der Waals surface area contributed by atoms with E-state index in [4.69, 9.17) is 4.74 Å². The number of para-hydroxylation sites is 1. The monoisotopic (exact) mass is 574 g/mol. The van der Waals surface area contributed by atoms with Gasteiger partial charge in [0.2, 0.25) is 0 Å². The van der Waals surface area contributed by atoms with E-state index in [-0.39, 0.29) is 12.1 Å². The predicted octanol–water partition coefficient (Wildman–Crippen LogP) is 4.27. The van der Waals surface area contributed by atoms with Gasteiger partial charge in [-0.2, -0.15) is 0 Å². The van der Waals surface area contributed by atoms with Crippen LogP contribution in [0.5, 0.6) is 0 Å². The largest absolute Gasteiger partial charge is 0.446 e. The standard InChI is InChI=1S/C33H46N6O3/c1-35-24-28-23-27(35)25-39(28)18-8-17-38-22-21-37(33(38)41)16-7-15-36-19-13-29(14-20-36)42-32(40)34-31-12-6-5-11-30(31)26-9-3-2-4-10-26/h2-6,9-12,27-29H,7-8,13-25H2,1H3,(H,34,40). The number of fused-ring (bicyclic) bond motifs is 2. The summed E-state index contributed by atoms with van der Waals surface area (Å²) in [4.78, 5) is 37.3. The lowest BCUT2D eigenvalue weighted by atomic mass is 10.0. The summed E-state index contributed by atoms with van der Waals surface area (Å²) in [7, 11) is 2.24. The molecule has 4 saturated heterocycles. The lowest BCUT2D eigenvalue weighted by molar-refractivity contribution is 0.0581. The Balaban J connectivity index is 0.853. The molecule has 2 aromatic rings. The number of anilines is 1. The maximum atomic E-state index is 12.9. The fourth-order valence-corrected chi connectivity index (χ4v) is 7.22. The molecule has 0 aliphatic carbocycles. The minimum Gasteiger partial charge on any atom is -0.446 e. The third-order valence-electron chi connectivity index (χ3n) is 9.64. The summed E-state index contributed by atoms with van der Waals surface area (Å²) >= 11 is 0. The number of ether oxygens (including phenoxy) is 1. The highest BCUT2D eigenvalue weighted by molar-refractivity contribution is 5.91. The molecule has 2 atom stereocenters. The van der Waals surface area contributed by atoms with Crippen molar-refractivity contribution in [3.05, 3.63) is 54.6 Å². The molecule has 4 aliphatic rings. The van der Waals surface area contributed by atoms with Crippen LogP contribution in [0.1, 0.15) is 32.1 Å². The Bertz CT molecular complexity index is 1200. The topological polar surface area (TPSA) is 71.6 Å². The minimum atomic E-state index is -0.394. The number of amides is 3. The smallest absolute Gasteiger partial charge is 0.411 e. The Kier molecular flexibility index (Phi) is 9.27. The van der Waals surface area contributed by atoms with Gasteiger partial charge in [0.25, 0.3) is 0 Å². The number of piperazine rings is 1. The van der Waals surface area contributed by atoms with Crippen LogP contribution in [0.25, 0.3) is 11.1 Å². The highest BCUT2D eigenvalue weighted by atomic mass is 16.6. The highest BCUT2D eigenvalue weighted by Crippen LogP contribution is 2.30. The third-order valence-corrected chi connectivity index (χ3v) is 9.64. The van der Waals surface area contributed by atoms with Gasteiger partial charge in [0.05, 0.1) is 5.69 Å². The van der Waals surface area contributed by atoms with Crippen molar-refractivity contribution in [2.45, 2.75) is 50.3 Å². The Morgan fingerprint density at radius 1 is 0.833 bits per heavy atom. The maximum Gasteiger partial charge on any atom is 0.411 e. The molecule has 9 heteroatoms. The van der Waals surface area contributed by atoms with Gasteiger partial charge in [0.1, 0.15) is 6.10 Å². The van der Waals surface area contributed by atoms with Gasteiger partial charge in [-0.05, 0) is 57.3 Å². The SMILES string of the molecule is CN1CC2CC1CN2CCCN1CCN(CCCN2CCC(OC(=O)Nc3ccccc3-c3ccccc3)CC2)C1=O. The van der Waals surface area contributed by atoms with Crippen molar-refractivity contribution in [3.63, 3.8) is 0 Å². The minimum absolute atomic E-state index is 0.0736. The van der Waals surface area contributed by atoms with Crippen molar-refractivity contribution < 1.29 is 14.3 Å². The fraction of sp³-hybridized carbons (Fsp3) is 0.576. The first-order valence-electron chi connectivity index (χ1n) is 15.9. The van der Waals surface area contributed by atoms with Crippen LogP contribution in [-0.4, -0.2) is 127 Å². The van der Waals surface area contributed by atoms with Crippen LogP contribution in [-0.2, 0) is 4.74 Å². The molecule has 3 amide bonds. The number of nitrogens with one attached hydrogen (secondary N) is 1. The molecule has 2 unspecified atom stereocenters. The number of hydrogen-bond donors (Lipinski definition) is 1. The predicted molar refractivity (Wildman–Crippen MR) is 166 cm³/mol. The van der Waals surface area contributed by atoms with E-state index in [0.717, 1.165) is 107 Å². The lowest BCUT2D eigenvalue weighted by Crippen LogP contribution is -2.45. The number of carbonyl (C=O) groups is 2. The van der Waals surface area contributed by atoms with Gasteiger partial charge in [-0.3, -0.25) is 10.2 Å². The summed E-state index contributed by atoms with van der Waals surface area (Å²) in [5.41, 5.74) is 2.79. The molecule has 0 radical (unpaired) electrons. The number of likely N-dealkylation sites (N-methyl/N-ethyl adjacent to an activating group) is 1. The number of hydrogen-bond acceptors (Lipinski definition) is 6. The number of piperidine rings is 1. The van der Waals surface area contributed by atoms with E-state index in [1.807, 2.05) is 64.4 Å². The molecule has 2 aromatic carbocycles. The molecule has 226 valence electrons.